The largest absolute Gasteiger partial charge is 0.506 e. The number of aromatic hydroxyl groups is 1. The van der Waals surface area contributed by atoms with E-state index in [1.54, 1.807) is 32.3 Å². The molecule has 20 heavy (non-hydrogen) atoms. The van der Waals surface area contributed by atoms with Crippen LogP contribution >= 0.6 is 0 Å². The molecule has 2 rings (SSSR count). The van der Waals surface area contributed by atoms with Crippen LogP contribution in [0, 0.1) is 0 Å². The second kappa shape index (κ2) is 5.61. The van der Waals surface area contributed by atoms with E-state index in [2.05, 4.69) is 0 Å². The smallest absolute Gasteiger partial charge is 0.342 e. The molecule has 0 saturated heterocycles. The van der Waals surface area contributed by atoms with Gasteiger partial charge in [-0.3, -0.25) is 4.79 Å². The van der Waals surface area contributed by atoms with Crippen LogP contribution < -0.4 is 0 Å². The van der Waals surface area contributed by atoms with Crippen LogP contribution in [0.2, 0.25) is 0 Å². The van der Waals surface area contributed by atoms with Crippen molar-refractivity contribution in [3.05, 3.63) is 42.0 Å². The standard InChI is InChI=1S/C15H15NO4/c1-16(2)13(17)9-20-15(19)12-8-7-10-5-3-4-6-11(10)14(12)18/h3-8,18H,9H2,1-2H3. The van der Waals surface area contributed by atoms with Gasteiger partial charge in [-0.15, -0.1) is 0 Å². The fraction of sp³-hybridized carbons (Fsp3) is 0.200. The van der Waals surface area contributed by atoms with Gasteiger partial charge < -0.3 is 14.7 Å². The molecule has 2 aromatic rings. The van der Waals surface area contributed by atoms with E-state index in [1.165, 1.54) is 11.0 Å². The third-order valence-corrected chi connectivity index (χ3v) is 2.95. The lowest BCUT2D eigenvalue weighted by Crippen LogP contribution is -2.27. The number of hydrogen-bond acceptors (Lipinski definition) is 4. The maximum Gasteiger partial charge on any atom is 0.342 e. The van der Waals surface area contributed by atoms with Gasteiger partial charge in [-0.25, -0.2) is 4.79 Å². The molecule has 2 aromatic carbocycles. The van der Waals surface area contributed by atoms with E-state index >= 15 is 0 Å². The number of phenolic OH excluding ortho intramolecular Hbond substituents is 1. The van der Waals surface area contributed by atoms with Gasteiger partial charge in [0, 0.05) is 19.5 Å². The van der Waals surface area contributed by atoms with Gasteiger partial charge in [0.25, 0.3) is 5.91 Å². The van der Waals surface area contributed by atoms with Crippen LogP contribution in [0.15, 0.2) is 36.4 Å². The fourth-order valence-corrected chi connectivity index (χ4v) is 1.75. The number of carbonyl (C=O) groups is 2. The minimum atomic E-state index is -0.719. The van der Waals surface area contributed by atoms with Gasteiger partial charge in [-0.2, -0.15) is 0 Å². The fourth-order valence-electron chi connectivity index (χ4n) is 1.75. The molecule has 0 spiro atoms. The highest BCUT2D eigenvalue weighted by Gasteiger charge is 2.16. The Morgan fingerprint density at radius 3 is 2.55 bits per heavy atom. The molecule has 0 atom stereocenters. The van der Waals surface area contributed by atoms with Crippen LogP contribution in [-0.4, -0.2) is 42.6 Å². The Morgan fingerprint density at radius 1 is 1.15 bits per heavy atom. The number of esters is 1. The molecule has 0 aliphatic carbocycles. The van der Waals surface area contributed by atoms with Crippen molar-refractivity contribution in [2.24, 2.45) is 0 Å². The summed E-state index contributed by atoms with van der Waals surface area (Å²) >= 11 is 0. The molecule has 104 valence electrons. The zero-order chi connectivity index (χ0) is 14.7. The van der Waals surface area contributed by atoms with Gasteiger partial charge in [0.15, 0.2) is 6.61 Å². The summed E-state index contributed by atoms with van der Waals surface area (Å²) in [7, 11) is 3.15. The summed E-state index contributed by atoms with van der Waals surface area (Å²) in [6.45, 7) is -0.349. The molecule has 1 amide bonds. The zero-order valence-electron chi connectivity index (χ0n) is 11.3. The van der Waals surface area contributed by atoms with Crippen molar-refractivity contribution >= 4 is 22.6 Å². The molecule has 0 bridgehead atoms. The second-order valence-electron chi connectivity index (χ2n) is 4.55. The molecule has 0 aliphatic rings. The molecule has 0 heterocycles. The highest BCUT2D eigenvalue weighted by Crippen LogP contribution is 2.28. The number of benzene rings is 2. The van der Waals surface area contributed by atoms with E-state index < -0.39 is 5.97 Å². The molecule has 5 nitrogen and oxygen atoms in total. The highest BCUT2D eigenvalue weighted by molar-refractivity contribution is 6.01. The van der Waals surface area contributed by atoms with E-state index in [0.29, 0.717) is 5.39 Å². The molecule has 5 heteroatoms. The Bertz CT molecular complexity index is 664. The lowest BCUT2D eigenvalue weighted by molar-refractivity contribution is -0.131. The van der Waals surface area contributed by atoms with E-state index in [1.807, 2.05) is 12.1 Å². The first kappa shape index (κ1) is 13.9. The molecular formula is C15H15NO4. The lowest BCUT2D eigenvalue weighted by Gasteiger charge is -2.11. The number of hydrogen-bond donors (Lipinski definition) is 1. The van der Waals surface area contributed by atoms with E-state index in [0.717, 1.165) is 5.39 Å². The third kappa shape index (κ3) is 2.71. The average Bonchev–Trinajstić information content (AvgIpc) is 2.45. The number of phenols is 1. The first-order chi connectivity index (χ1) is 9.50. The highest BCUT2D eigenvalue weighted by atomic mass is 16.5. The minimum absolute atomic E-state index is 0.0512. The maximum atomic E-state index is 11.9. The molecule has 0 aromatic heterocycles. The van der Waals surface area contributed by atoms with Crippen LogP contribution in [0.1, 0.15) is 10.4 Å². The summed E-state index contributed by atoms with van der Waals surface area (Å²) in [5.74, 6) is -1.17. The van der Waals surface area contributed by atoms with Gasteiger partial charge in [0.1, 0.15) is 11.3 Å². The number of ether oxygens (including phenoxy) is 1. The summed E-state index contributed by atoms with van der Waals surface area (Å²) in [5.41, 5.74) is 0.0512. The van der Waals surface area contributed by atoms with E-state index in [9.17, 15) is 14.7 Å². The molecule has 0 radical (unpaired) electrons. The molecular weight excluding hydrogens is 258 g/mol. The van der Waals surface area contributed by atoms with E-state index in [4.69, 9.17) is 4.74 Å². The van der Waals surface area contributed by atoms with Crippen LogP contribution in [0.5, 0.6) is 5.75 Å². The zero-order valence-corrected chi connectivity index (χ0v) is 11.3. The van der Waals surface area contributed by atoms with Gasteiger partial charge in [-0.05, 0) is 11.5 Å². The second-order valence-corrected chi connectivity index (χ2v) is 4.55. The molecule has 0 saturated carbocycles. The summed E-state index contributed by atoms with van der Waals surface area (Å²) < 4.78 is 4.89. The van der Waals surface area contributed by atoms with Gasteiger partial charge in [-0.1, -0.05) is 30.3 Å². The predicted octanol–water partition coefficient (Wildman–Crippen LogP) is 1.79. The quantitative estimate of drug-likeness (QED) is 0.866. The topological polar surface area (TPSA) is 66.8 Å². The van der Waals surface area contributed by atoms with Crippen molar-refractivity contribution in [1.82, 2.24) is 4.90 Å². The molecule has 0 unspecified atom stereocenters. The number of amides is 1. The van der Waals surface area contributed by atoms with Crippen molar-refractivity contribution in [2.75, 3.05) is 20.7 Å². The lowest BCUT2D eigenvalue weighted by atomic mass is 10.1. The SMILES string of the molecule is CN(C)C(=O)COC(=O)c1ccc2ccccc2c1O. The van der Waals surface area contributed by atoms with Crippen molar-refractivity contribution in [1.29, 1.82) is 0 Å². The number of rotatable bonds is 3. The van der Waals surface area contributed by atoms with Crippen LogP contribution in [0.3, 0.4) is 0 Å². The molecule has 1 N–H and O–H groups in total. The van der Waals surface area contributed by atoms with Crippen LogP contribution in [0.4, 0.5) is 0 Å². The monoisotopic (exact) mass is 273 g/mol. The average molecular weight is 273 g/mol. The Labute approximate surface area is 116 Å². The van der Waals surface area contributed by atoms with Gasteiger partial charge >= 0.3 is 5.97 Å². The van der Waals surface area contributed by atoms with Crippen molar-refractivity contribution in [2.45, 2.75) is 0 Å². The third-order valence-electron chi connectivity index (χ3n) is 2.95. The first-order valence-electron chi connectivity index (χ1n) is 6.08. The molecule has 0 aliphatic heterocycles. The van der Waals surface area contributed by atoms with Crippen LogP contribution in [-0.2, 0) is 9.53 Å². The summed E-state index contributed by atoms with van der Waals surface area (Å²) in [5, 5.41) is 11.5. The summed E-state index contributed by atoms with van der Waals surface area (Å²) in [6.07, 6.45) is 0. The predicted molar refractivity (Wildman–Crippen MR) is 74.6 cm³/mol. The normalized spacial score (nSPS) is 10.3. The van der Waals surface area contributed by atoms with Crippen molar-refractivity contribution in [3.8, 4) is 5.75 Å². The Kier molecular flexibility index (Phi) is 3.89. The number of carbonyl (C=O) groups excluding carboxylic acids is 2. The van der Waals surface area contributed by atoms with Crippen LogP contribution in [0.25, 0.3) is 10.8 Å². The number of nitrogens with zero attached hydrogens (tertiary/aromatic N) is 1. The van der Waals surface area contributed by atoms with E-state index in [-0.39, 0.29) is 23.8 Å². The first-order valence-corrected chi connectivity index (χ1v) is 6.08. The maximum absolute atomic E-state index is 11.9. The van der Waals surface area contributed by atoms with Crippen molar-refractivity contribution in [3.63, 3.8) is 0 Å². The Hall–Kier alpha value is -2.56. The van der Waals surface area contributed by atoms with Crippen molar-refractivity contribution < 1.29 is 19.4 Å². The van der Waals surface area contributed by atoms with Gasteiger partial charge in [0.2, 0.25) is 0 Å². The number of likely N-dealkylation sites (N-methyl/N-ethyl adjacent to an activating group) is 1. The Balaban J connectivity index is 2.22. The molecule has 0 fully saturated rings. The minimum Gasteiger partial charge on any atom is -0.506 e. The Morgan fingerprint density at radius 2 is 1.85 bits per heavy atom. The summed E-state index contributed by atoms with van der Waals surface area (Å²) in [6, 6.07) is 10.4. The van der Waals surface area contributed by atoms with Gasteiger partial charge in [0.05, 0.1) is 0 Å². The number of fused-ring (bicyclic) bond motifs is 1. The summed E-state index contributed by atoms with van der Waals surface area (Å²) in [4.78, 5) is 24.6.